The first kappa shape index (κ1) is 22.5. The molecule has 0 saturated carbocycles. The van der Waals surface area contributed by atoms with Gasteiger partial charge in [0.25, 0.3) is 11.8 Å². The molecule has 1 fully saturated rings. The lowest BCUT2D eigenvalue weighted by Crippen LogP contribution is -3.12. The number of hydrogen-bond acceptors (Lipinski definition) is 4. The van der Waals surface area contributed by atoms with E-state index in [2.05, 4.69) is 16.8 Å². The van der Waals surface area contributed by atoms with Crippen LogP contribution < -0.4 is 10.2 Å². The summed E-state index contributed by atoms with van der Waals surface area (Å²) >= 11 is 1.72. The summed E-state index contributed by atoms with van der Waals surface area (Å²) < 4.78 is 5.80. The van der Waals surface area contributed by atoms with Gasteiger partial charge in [-0.2, -0.15) is 0 Å². The van der Waals surface area contributed by atoms with E-state index in [1.54, 1.807) is 28.4 Å². The number of nitrogens with one attached hydrogen (secondary N) is 2. The van der Waals surface area contributed by atoms with E-state index in [1.165, 1.54) is 9.78 Å². The summed E-state index contributed by atoms with van der Waals surface area (Å²) in [5.74, 6) is -0.0635. The number of anilines is 1. The molecule has 3 rings (SSSR count). The number of hydrogen-bond donors (Lipinski definition) is 2. The Balaban J connectivity index is 1.62. The highest BCUT2D eigenvalue weighted by Gasteiger charge is 2.24. The van der Waals surface area contributed by atoms with Gasteiger partial charge in [-0.25, -0.2) is 0 Å². The molecule has 2 aromatic rings. The second-order valence-corrected chi connectivity index (χ2v) is 8.66. The number of quaternary nitrogens is 1. The summed E-state index contributed by atoms with van der Waals surface area (Å²) in [5.41, 5.74) is 1.25. The Morgan fingerprint density at radius 2 is 2.07 bits per heavy atom. The molecule has 0 radical (unpaired) electrons. The molecule has 1 aromatic heterocycles. The predicted octanol–water partition coefficient (Wildman–Crippen LogP) is 2.43. The van der Waals surface area contributed by atoms with E-state index >= 15 is 0 Å². The fourth-order valence-corrected chi connectivity index (χ4v) is 4.63. The Kier molecular flexibility index (Phi) is 8.42. The summed E-state index contributed by atoms with van der Waals surface area (Å²) in [6, 6.07) is 11.4. The van der Waals surface area contributed by atoms with Gasteiger partial charge in [0.05, 0.1) is 4.88 Å². The van der Waals surface area contributed by atoms with E-state index in [9.17, 15) is 9.59 Å². The maximum absolute atomic E-state index is 12.8. The molecule has 1 saturated heterocycles. The van der Waals surface area contributed by atoms with Gasteiger partial charge < -0.3 is 19.9 Å². The van der Waals surface area contributed by atoms with E-state index in [0.717, 1.165) is 32.5 Å². The highest BCUT2D eigenvalue weighted by atomic mass is 32.1. The first-order valence-electron chi connectivity index (χ1n) is 10.8. The number of amides is 2. The third-order valence-electron chi connectivity index (χ3n) is 5.40. The Labute approximate surface area is 182 Å². The van der Waals surface area contributed by atoms with Crippen LogP contribution in [0, 0.1) is 0 Å². The molecule has 6 nitrogen and oxygen atoms in total. The van der Waals surface area contributed by atoms with Crippen molar-refractivity contribution in [2.24, 2.45) is 0 Å². The zero-order chi connectivity index (χ0) is 21.3. The smallest absolute Gasteiger partial charge is 0.279 e. The van der Waals surface area contributed by atoms with Gasteiger partial charge in [-0.1, -0.05) is 12.1 Å². The molecule has 30 heavy (non-hydrogen) atoms. The van der Waals surface area contributed by atoms with Gasteiger partial charge in [0.1, 0.15) is 19.2 Å². The third kappa shape index (κ3) is 6.39. The van der Waals surface area contributed by atoms with E-state index < -0.39 is 0 Å². The minimum Gasteiger partial charge on any atom is -0.372 e. The number of carbonyl (C=O) groups is 2. The molecule has 2 N–H and O–H groups in total. The van der Waals surface area contributed by atoms with Crippen molar-refractivity contribution in [3.05, 3.63) is 52.2 Å². The summed E-state index contributed by atoms with van der Waals surface area (Å²) in [5, 5.41) is 5.05. The lowest BCUT2D eigenvalue weighted by molar-refractivity contribution is -0.908. The maximum atomic E-state index is 12.8. The summed E-state index contributed by atoms with van der Waals surface area (Å²) in [6.07, 6.45) is 2.38. The van der Waals surface area contributed by atoms with Crippen LogP contribution in [-0.4, -0.2) is 55.6 Å². The van der Waals surface area contributed by atoms with Crippen LogP contribution in [0.4, 0.5) is 5.69 Å². The quantitative estimate of drug-likeness (QED) is 0.609. The summed E-state index contributed by atoms with van der Waals surface area (Å²) in [7, 11) is 0. The van der Waals surface area contributed by atoms with Gasteiger partial charge in [0.2, 0.25) is 0 Å². The zero-order valence-electron chi connectivity index (χ0n) is 17.9. The van der Waals surface area contributed by atoms with Crippen molar-refractivity contribution in [1.29, 1.82) is 0 Å². The van der Waals surface area contributed by atoms with Crippen molar-refractivity contribution in [2.45, 2.75) is 39.3 Å². The number of nitrogens with zero attached hydrogens (tertiary/aromatic N) is 1. The molecule has 1 aliphatic rings. The molecule has 0 bridgehead atoms. The van der Waals surface area contributed by atoms with Crippen LogP contribution in [0.2, 0.25) is 0 Å². The first-order chi connectivity index (χ1) is 14.6. The monoisotopic (exact) mass is 430 g/mol. The van der Waals surface area contributed by atoms with E-state index in [-0.39, 0.29) is 17.9 Å². The van der Waals surface area contributed by atoms with Crippen LogP contribution in [0.3, 0.4) is 0 Å². The minimum absolute atomic E-state index is 0.0144. The second kappa shape index (κ2) is 11.2. The minimum atomic E-state index is -0.0491. The SMILES string of the molecule is CCN(CC)C(=O)c1cccc(NC(=O)C[NH+](Cc2cccs2)C[C@H]2CCCO2)c1. The molecular weight excluding hydrogens is 398 g/mol. The number of ether oxygens (including phenoxy) is 1. The molecule has 2 heterocycles. The molecule has 2 amide bonds. The number of benzene rings is 1. The molecule has 7 heteroatoms. The Bertz CT molecular complexity index is 815. The maximum Gasteiger partial charge on any atom is 0.279 e. The standard InChI is InChI=1S/C23H31N3O3S/c1-3-26(4-2)23(28)18-8-5-9-19(14-18)24-22(27)17-25(15-20-10-6-12-29-20)16-21-11-7-13-30-21/h5,7-9,11,13-14,20H,3-4,6,10,12,15-17H2,1-2H3,(H,24,27)/p+1/t20-/m1/s1. The average molecular weight is 431 g/mol. The van der Waals surface area contributed by atoms with Crippen molar-refractivity contribution in [3.63, 3.8) is 0 Å². The molecule has 1 unspecified atom stereocenters. The van der Waals surface area contributed by atoms with Crippen molar-refractivity contribution in [2.75, 3.05) is 38.1 Å². The average Bonchev–Trinajstić information content (AvgIpc) is 3.43. The first-order valence-corrected chi connectivity index (χ1v) is 11.6. The van der Waals surface area contributed by atoms with Crippen LogP contribution >= 0.6 is 11.3 Å². The number of thiophene rings is 1. The zero-order valence-corrected chi connectivity index (χ0v) is 18.7. The van der Waals surface area contributed by atoms with Crippen LogP contribution in [0.5, 0.6) is 0 Å². The summed E-state index contributed by atoms with van der Waals surface area (Å²) in [6.45, 7) is 8.07. The molecule has 1 aliphatic heterocycles. The Morgan fingerprint density at radius 1 is 1.23 bits per heavy atom. The van der Waals surface area contributed by atoms with Crippen molar-refractivity contribution < 1.29 is 19.2 Å². The molecule has 0 aliphatic carbocycles. The number of rotatable bonds is 10. The van der Waals surface area contributed by atoms with E-state index in [4.69, 9.17) is 4.74 Å². The van der Waals surface area contributed by atoms with Gasteiger partial charge in [-0.05, 0) is 56.3 Å². The van der Waals surface area contributed by atoms with Crippen LogP contribution in [0.25, 0.3) is 0 Å². The lowest BCUT2D eigenvalue weighted by Gasteiger charge is -2.22. The van der Waals surface area contributed by atoms with Crippen LogP contribution in [0.1, 0.15) is 41.9 Å². The van der Waals surface area contributed by atoms with Crippen LogP contribution in [0.15, 0.2) is 41.8 Å². The normalized spacial score (nSPS) is 16.9. The molecule has 1 aromatic carbocycles. The summed E-state index contributed by atoms with van der Waals surface area (Å²) in [4.78, 5) is 29.6. The largest absolute Gasteiger partial charge is 0.372 e. The Morgan fingerprint density at radius 3 is 2.73 bits per heavy atom. The van der Waals surface area contributed by atoms with Gasteiger partial charge in [-0.15, -0.1) is 11.3 Å². The topological polar surface area (TPSA) is 63.1 Å². The second-order valence-electron chi connectivity index (χ2n) is 7.63. The van der Waals surface area contributed by atoms with Crippen LogP contribution in [-0.2, 0) is 16.1 Å². The molecule has 0 spiro atoms. The molecule has 2 atom stereocenters. The molecular formula is C23H32N3O3S+. The van der Waals surface area contributed by atoms with Gasteiger partial charge in [0, 0.05) is 30.9 Å². The van der Waals surface area contributed by atoms with Gasteiger partial charge >= 0.3 is 0 Å². The highest BCUT2D eigenvalue weighted by Crippen LogP contribution is 2.13. The lowest BCUT2D eigenvalue weighted by atomic mass is 10.1. The predicted molar refractivity (Wildman–Crippen MR) is 120 cm³/mol. The van der Waals surface area contributed by atoms with E-state index in [0.29, 0.717) is 30.9 Å². The van der Waals surface area contributed by atoms with Crippen molar-refractivity contribution in [1.82, 2.24) is 4.90 Å². The molecule has 162 valence electrons. The van der Waals surface area contributed by atoms with Gasteiger partial charge in [0.15, 0.2) is 6.54 Å². The highest BCUT2D eigenvalue weighted by molar-refractivity contribution is 7.09. The fraction of sp³-hybridized carbons (Fsp3) is 0.478. The Hall–Kier alpha value is -2.22. The fourth-order valence-electron chi connectivity index (χ4n) is 3.85. The van der Waals surface area contributed by atoms with Crippen molar-refractivity contribution >= 4 is 28.8 Å². The van der Waals surface area contributed by atoms with E-state index in [1.807, 2.05) is 32.0 Å². The third-order valence-corrected chi connectivity index (χ3v) is 6.28. The van der Waals surface area contributed by atoms with Gasteiger partial charge in [-0.3, -0.25) is 9.59 Å². The number of carbonyl (C=O) groups excluding carboxylic acids is 2. The van der Waals surface area contributed by atoms with Crippen molar-refractivity contribution in [3.8, 4) is 0 Å².